The van der Waals surface area contributed by atoms with Gasteiger partial charge in [0, 0.05) is 10.6 Å². The molecule has 2 aromatic carbocycles. The fourth-order valence-electron chi connectivity index (χ4n) is 2.57. The molecule has 4 nitrogen and oxygen atoms in total. The molecule has 0 bridgehead atoms. The zero-order valence-corrected chi connectivity index (χ0v) is 14.4. The van der Waals surface area contributed by atoms with E-state index in [4.69, 9.17) is 16.0 Å². The predicted molar refractivity (Wildman–Crippen MR) is 95.1 cm³/mol. The van der Waals surface area contributed by atoms with Crippen molar-refractivity contribution in [2.45, 2.75) is 26.3 Å². The highest BCUT2D eigenvalue weighted by Crippen LogP contribution is 2.25. The van der Waals surface area contributed by atoms with Crippen molar-refractivity contribution in [2.24, 2.45) is 5.92 Å². The van der Waals surface area contributed by atoms with Gasteiger partial charge in [-0.15, -0.1) is 0 Å². The first-order valence-electron chi connectivity index (χ1n) is 7.95. The third-order valence-corrected chi connectivity index (χ3v) is 3.98. The Balaban J connectivity index is 1.85. The molecule has 0 radical (unpaired) electrons. The Morgan fingerprint density at radius 3 is 2.54 bits per heavy atom. The Hall–Kier alpha value is -2.33. The lowest BCUT2D eigenvalue weighted by molar-refractivity contribution is 0.0925. The van der Waals surface area contributed by atoms with E-state index in [0.717, 1.165) is 17.5 Å². The van der Waals surface area contributed by atoms with Crippen LogP contribution in [-0.2, 0) is 0 Å². The topological polar surface area (TPSA) is 55.1 Å². The van der Waals surface area contributed by atoms with Gasteiger partial charge in [-0.25, -0.2) is 4.98 Å². The maximum Gasteiger partial charge on any atom is 0.251 e. The van der Waals surface area contributed by atoms with E-state index in [9.17, 15) is 4.79 Å². The number of para-hydroxylation sites is 2. The van der Waals surface area contributed by atoms with Crippen LogP contribution in [-0.4, -0.2) is 10.9 Å². The maximum atomic E-state index is 12.5. The van der Waals surface area contributed by atoms with Crippen LogP contribution >= 0.6 is 11.6 Å². The summed E-state index contributed by atoms with van der Waals surface area (Å²) in [7, 11) is 0. The fraction of sp³-hybridized carbons (Fsp3) is 0.263. The van der Waals surface area contributed by atoms with E-state index >= 15 is 0 Å². The molecule has 5 heteroatoms. The van der Waals surface area contributed by atoms with Gasteiger partial charge >= 0.3 is 0 Å². The third kappa shape index (κ3) is 3.77. The van der Waals surface area contributed by atoms with Gasteiger partial charge < -0.3 is 9.73 Å². The van der Waals surface area contributed by atoms with Crippen molar-refractivity contribution in [3.63, 3.8) is 0 Å². The summed E-state index contributed by atoms with van der Waals surface area (Å²) in [5.74, 6) is 0.752. The quantitative estimate of drug-likeness (QED) is 0.710. The molecular weight excluding hydrogens is 324 g/mol. The molecule has 0 aliphatic heterocycles. The molecule has 0 aliphatic rings. The summed E-state index contributed by atoms with van der Waals surface area (Å²) in [5.41, 5.74) is 2.08. The lowest BCUT2D eigenvalue weighted by Gasteiger charge is -2.17. The average Bonchev–Trinajstić information content (AvgIpc) is 2.98. The smallest absolute Gasteiger partial charge is 0.251 e. The van der Waals surface area contributed by atoms with E-state index in [1.165, 1.54) is 0 Å². The lowest BCUT2D eigenvalue weighted by Crippen LogP contribution is -2.29. The molecule has 124 valence electrons. The zero-order chi connectivity index (χ0) is 17.1. The van der Waals surface area contributed by atoms with Crippen LogP contribution < -0.4 is 5.32 Å². The number of halogens is 1. The van der Waals surface area contributed by atoms with E-state index in [1.807, 2.05) is 24.3 Å². The van der Waals surface area contributed by atoms with E-state index in [2.05, 4.69) is 24.1 Å². The molecule has 3 aromatic rings. The Kier molecular flexibility index (Phi) is 4.86. The van der Waals surface area contributed by atoms with Crippen molar-refractivity contribution < 1.29 is 9.21 Å². The molecule has 1 atom stereocenters. The minimum atomic E-state index is -0.277. The van der Waals surface area contributed by atoms with Crippen molar-refractivity contribution in [2.75, 3.05) is 0 Å². The van der Waals surface area contributed by atoms with E-state index in [0.29, 0.717) is 22.4 Å². The number of hydrogen-bond acceptors (Lipinski definition) is 3. The summed E-state index contributed by atoms with van der Waals surface area (Å²) in [6, 6.07) is 14.1. The second kappa shape index (κ2) is 7.05. The zero-order valence-electron chi connectivity index (χ0n) is 13.6. The summed E-state index contributed by atoms with van der Waals surface area (Å²) in [4.78, 5) is 17.0. The van der Waals surface area contributed by atoms with E-state index in [-0.39, 0.29) is 11.9 Å². The van der Waals surface area contributed by atoms with Crippen LogP contribution in [0.1, 0.15) is 42.6 Å². The van der Waals surface area contributed by atoms with Crippen molar-refractivity contribution in [3.05, 3.63) is 65.0 Å². The molecule has 0 saturated carbocycles. The van der Waals surface area contributed by atoms with Crippen molar-refractivity contribution in [1.29, 1.82) is 0 Å². The predicted octanol–water partition coefficient (Wildman–Crippen LogP) is 5.00. The third-order valence-electron chi connectivity index (χ3n) is 3.73. The van der Waals surface area contributed by atoms with Gasteiger partial charge in [0.25, 0.3) is 5.91 Å². The van der Waals surface area contributed by atoms with Gasteiger partial charge in [0.2, 0.25) is 5.89 Å². The monoisotopic (exact) mass is 342 g/mol. The average molecular weight is 343 g/mol. The van der Waals surface area contributed by atoms with Crippen LogP contribution in [0.3, 0.4) is 0 Å². The number of nitrogens with zero attached hydrogens (tertiary/aromatic N) is 1. The van der Waals surface area contributed by atoms with Crippen LogP contribution in [0.15, 0.2) is 52.9 Å². The molecule has 0 saturated heterocycles. The molecule has 1 N–H and O–H groups in total. The van der Waals surface area contributed by atoms with Crippen LogP contribution in [0, 0.1) is 5.92 Å². The van der Waals surface area contributed by atoms with Crippen molar-refractivity contribution in [1.82, 2.24) is 10.3 Å². The number of aromatic nitrogens is 1. The molecule has 1 amide bonds. The number of oxazole rings is 1. The molecule has 1 aromatic heterocycles. The minimum absolute atomic E-state index is 0.167. The van der Waals surface area contributed by atoms with Crippen LogP contribution in [0.2, 0.25) is 5.02 Å². The Morgan fingerprint density at radius 1 is 1.17 bits per heavy atom. The van der Waals surface area contributed by atoms with Gasteiger partial charge in [-0.05, 0) is 48.7 Å². The lowest BCUT2D eigenvalue weighted by atomic mass is 10.0. The Morgan fingerprint density at radius 2 is 1.88 bits per heavy atom. The summed E-state index contributed by atoms with van der Waals surface area (Å²) in [6.07, 6.45) is 0.742. The highest BCUT2D eigenvalue weighted by Gasteiger charge is 2.22. The Bertz CT molecular complexity index is 807. The molecule has 1 heterocycles. The second-order valence-electron chi connectivity index (χ2n) is 6.18. The molecule has 0 spiro atoms. The fourth-order valence-corrected chi connectivity index (χ4v) is 2.70. The van der Waals surface area contributed by atoms with Gasteiger partial charge in [0.05, 0.1) is 0 Å². The molecule has 0 unspecified atom stereocenters. The largest absolute Gasteiger partial charge is 0.438 e. The van der Waals surface area contributed by atoms with E-state index < -0.39 is 0 Å². The first kappa shape index (κ1) is 16.5. The van der Waals surface area contributed by atoms with Gasteiger partial charge in [0.15, 0.2) is 5.58 Å². The van der Waals surface area contributed by atoms with Gasteiger partial charge in [-0.2, -0.15) is 0 Å². The number of fused-ring (bicyclic) bond motifs is 1. The van der Waals surface area contributed by atoms with Gasteiger partial charge in [-0.3, -0.25) is 4.79 Å². The summed E-state index contributed by atoms with van der Waals surface area (Å²) in [6.45, 7) is 4.20. The van der Waals surface area contributed by atoms with Crippen molar-refractivity contribution >= 4 is 28.6 Å². The number of hydrogen-bond donors (Lipinski definition) is 1. The number of carbonyl (C=O) groups excluding carboxylic acids is 1. The molecule has 0 aliphatic carbocycles. The van der Waals surface area contributed by atoms with Crippen LogP contribution in [0.25, 0.3) is 11.1 Å². The summed E-state index contributed by atoms with van der Waals surface area (Å²) >= 11 is 5.88. The normalized spacial score (nSPS) is 12.5. The number of rotatable bonds is 5. The number of carbonyl (C=O) groups is 1. The standard InChI is InChI=1S/C19H19ClN2O2/c1-12(2)11-16(19-22-15-5-3-4-6-17(15)24-19)21-18(23)13-7-9-14(20)10-8-13/h3-10,12,16H,11H2,1-2H3,(H,21,23)/t16-/m0/s1. The van der Waals surface area contributed by atoms with Gasteiger partial charge in [0.1, 0.15) is 11.6 Å². The first-order valence-corrected chi connectivity index (χ1v) is 8.32. The maximum absolute atomic E-state index is 12.5. The highest BCUT2D eigenvalue weighted by atomic mass is 35.5. The van der Waals surface area contributed by atoms with Crippen molar-refractivity contribution in [3.8, 4) is 0 Å². The molecule has 24 heavy (non-hydrogen) atoms. The molecular formula is C19H19ClN2O2. The highest BCUT2D eigenvalue weighted by molar-refractivity contribution is 6.30. The summed E-state index contributed by atoms with van der Waals surface area (Å²) in [5, 5.41) is 3.62. The molecule has 3 rings (SSSR count). The van der Waals surface area contributed by atoms with E-state index in [1.54, 1.807) is 24.3 Å². The molecule has 0 fully saturated rings. The Labute approximate surface area is 145 Å². The number of nitrogens with one attached hydrogen (secondary N) is 1. The number of amides is 1. The van der Waals surface area contributed by atoms with Gasteiger partial charge in [-0.1, -0.05) is 37.6 Å². The van der Waals surface area contributed by atoms with Crippen LogP contribution in [0.4, 0.5) is 0 Å². The SMILES string of the molecule is CC(C)C[C@H](NC(=O)c1ccc(Cl)cc1)c1nc2ccccc2o1. The second-order valence-corrected chi connectivity index (χ2v) is 6.62. The summed E-state index contributed by atoms with van der Waals surface area (Å²) < 4.78 is 5.84. The van der Waals surface area contributed by atoms with Crippen LogP contribution in [0.5, 0.6) is 0 Å². The first-order chi connectivity index (χ1) is 11.5. The minimum Gasteiger partial charge on any atom is -0.438 e. The number of benzene rings is 2.